The highest BCUT2D eigenvalue weighted by Crippen LogP contribution is 2.23. The molecule has 0 aliphatic rings. The molecule has 0 aliphatic heterocycles. The van der Waals surface area contributed by atoms with Gasteiger partial charge in [-0.05, 0) is 48.6 Å². The molecule has 1 unspecified atom stereocenters. The molecule has 0 aliphatic carbocycles. The van der Waals surface area contributed by atoms with E-state index < -0.39 is 0 Å². The highest BCUT2D eigenvalue weighted by molar-refractivity contribution is 7.98. The molecule has 1 nitrogen and oxygen atoms in total. The molecule has 0 fully saturated rings. The fourth-order valence-electron chi connectivity index (χ4n) is 1.94. The summed E-state index contributed by atoms with van der Waals surface area (Å²) in [5.74, 6) is 0. The molecule has 0 saturated carbocycles. The number of hydrogen-bond acceptors (Lipinski definition) is 2. The zero-order chi connectivity index (χ0) is 14.5. The topological polar surface area (TPSA) is 12.0 Å². The van der Waals surface area contributed by atoms with Crippen LogP contribution in [0.3, 0.4) is 0 Å². The van der Waals surface area contributed by atoms with E-state index in [2.05, 4.69) is 42.8 Å². The normalized spacial score (nSPS) is 12.4. The van der Waals surface area contributed by atoms with Crippen LogP contribution in [0.4, 0.5) is 0 Å². The van der Waals surface area contributed by atoms with Gasteiger partial charge in [-0.15, -0.1) is 11.8 Å². The van der Waals surface area contributed by atoms with Crippen LogP contribution < -0.4 is 5.32 Å². The molecule has 20 heavy (non-hydrogen) atoms. The van der Waals surface area contributed by atoms with Gasteiger partial charge >= 0.3 is 0 Å². The second-order valence-corrected chi connectivity index (χ2v) is 6.33. The van der Waals surface area contributed by atoms with Crippen LogP contribution in [0.15, 0.2) is 47.4 Å². The summed E-state index contributed by atoms with van der Waals surface area (Å²) in [6.45, 7) is 2.87. The van der Waals surface area contributed by atoms with Gasteiger partial charge in [0.2, 0.25) is 0 Å². The number of benzene rings is 2. The Kier molecular flexibility index (Phi) is 5.79. The second kappa shape index (κ2) is 7.37. The Balaban J connectivity index is 1.98. The Morgan fingerprint density at radius 1 is 1.10 bits per heavy atom. The zero-order valence-electron chi connectivity index (χ0n) is 11.5. The van der Waals surface area contributed by atoms with Gasteiger partial charge in [-0.2, -0.15) is 0 Å². The third-order valence-electron chi connectivity index (χ3n) is 3.23. The Hall–Kier alpha value is -0.670. The first-order valence-electron chi connectivity index (χ1n) is 6.41. The first-order valence-corrected chi connectivity index (χ1v) is 8.39. The van der Waals surface area contributed by atoms with Gasteiger partial charge < -0.3 is 5.32 Å². The summed E-state index contributed by atoms with van der Waals surface area (Å²) in [4.78, 5) is 1.28. The van der Waals surface area contributed by atoms with Gasteiger partial charge in [-0.1, -0.05) is 41.4 Å². The molecular formula is C16H17Cl2NS. The third-order valence-corrected chi connectivity index (χ3v) is 4.56. The quantitative estimate of drug-likeness (QED) is 0.721. The van der Waals surface area contributed by atoms with Crippen LogP contribution in [0, 0.1) is 0 Å². The van der Waals surface area contributed by atoms with Crippen LogP contribution in [0.2, 0.25) is 10.0 Å². The van der Waals surface area contributed by atoms with Crippen molar-refractivity contribution in [3.8, 4) is 0 Å². The minimum atomic E-state index is 0.276. The van der Waals surface area contributed by atoms with Gasteiger partial charge in [0.1, 0.15) is 0 Å². The molecule has 0 heterocycles. The first-order chi connectivity index (χ1) is 9.60. The molecule has 0 radical (unpaired) electrons. The van der Waals surface area contributed by atoms with Gasteiger partial charge in [0.25, 0.3) is 0 Å². The van der Waals surface area contributed by atoms with E-state index >= 15 is 0 Å². The summed E-state index contributed by atoms with van der Waals surface area (Å²) in [5, 5.41) is 4.85. The zero-order valence-corrected chi connectivity index (χ0v) is 13.8. The Morgan fingerprint density at radius 3 is 2.40 bits per heavy atom. The van der Waals surface area contributed by atoms with Crippen molar-refractivity contribution in [2.24, 2.45) is 0 Å². The van der Waals surface area contributed by atoms with E-state index in [1.54, 1.807) is 17.8 Å². The molecule has 106 valence electrons. The Morgan fingerprint density at radius 2 is 1.80 bits per heavy atom. The van der Waals surface area contributed by atoms with Crippen molar-refractivity contribution in [2.75, 3.05) is 6.26 Å². The number of thioether (sulfide) groups is 1. The van der Waals surface area contributed by atoms with Crippen molar-refractivity contribution in [3.63, 3.8) is 0 Å². The average Bonchev–Trinajstić information content (AvgIpc) is 2.46. The van der Waals surface area contributed by atoms with Gasteiger partial charge in [0, 0.05) is 27.5 Å². The van der Waals surface area contributed by atoms with Crippen LogP contribution in [0.25, 0.3) is 0 Å². The summed E-state index contributed by atoms with van der Waals surface area (Å²) < 4.78 is 0. The molecule has 2 aromatic rings. The van der Waals surface area contributed by atoms with Crippen molar-refractivity contribution in [1.29, 1.82) is 0 Å². The summed E-state index contributed by atoms with van der Waals surface area (Å²) in [6.07, 6.45) is 2.08. The third kappa shape index (κ3) is 4.16. The molecule has 2 aromatic carbocycles. The summed E-state index contributed by atoms with van der Waals surface area (Å²) in [5.41, 5.74) is 2.33. The van der Waals surface area contributed by atoms with Gasteiger partial charge in [-0.25, -0.2) is 0 Å². The van der Waals surface area contributed by atoms with Crippen LogP contribution in [0.5, 0.6) is 0 Å². The molecule has 1 N–H and O–H groups in total. The lowest BCUT2D eigenvalue weighted by molar-refractivity contribution is 0.574. The molecular weight excluding hydrogens is 309 g/mol. The standard InChI is InChI=1S/C16H17Cl2NS/c1-11(12-4-7-15(20-2)8-5-12)19-10-13-3-6-14(17)9-16(13)18/h3-9,11,19H,10H2,1-2H3. The van der Waals surface area contributed by atoms with Gasteiger partial charge in [0.15, 0.2) is 0 Å². The van der Waals surface area contributed by atoms with E-state index in [9.17, 15) is 0 Å². The van der Waals surface area contributed by atoms with E-state index in [1.807, 2.05) is 12.1 Å². The number of hydrogen-bond donors (Lipinski definition) is 1. The van der Waals surface area contributed by atoms with Crippen molar-refractivity contribution in [3.05, 3.63) is 63.6 Å². The minimum Gasteiger partial charge on any atom is -0.306 e. The number of halogens is 2. The molecule has 0 bridgehead atoms. The monoisotopic (exact) mass is 325 g/mol. The van der Waals surface area contributed by atoms with Crippen LogP contribution in [0.1, 0.15) is 24.1 Å². The second-order valence-electron chi connectivity index (χ2n) is 4.61. The van der Waals surface area contributed by atoms with E-state index in [-0.39, 0.29) is 6.04 Å². The Bertz CT molecular complexity index is 569. The first kappa shape index (κ1) is 15.7. The van der Waals surface area contributed by atoms with Crippen molar-refractivity contribution in [1.82, 2.24) is 5.32 Å². The molecule has 0 spiro atoms. The summed E-state index contributed by atoms with van der Waals surface area (Å²) >= 11 is 13.8. The van der Waals surface area contributed by atoms with E-state index in [0.29, 0.717) is 10.0 Å². The predicted molar refractivity (Wildman–Crippen MR) is 89.9 cm³/mol. The fraction of sp³-hybridized carbons (Fsp3) is 0.250. The largest absolute Gasteiger partial charge is 0.306 e. The SMILES string of the molecule is CSc1ccc(C(C)NCc2ccc(Cl)cc2Cl)cc1. The lowest BCUT2D eigenvalue weighted by Crippen LogP contribution is -2.18. The molecule has 4 heteroatoms. The van der Waals surface area contributed by atoms with Crippen LogP contribution in [-0.2, 0) is 6.54 Å². The highest BCUT2D eigenvalue weighted by atomic mass is 35.5. The molecule has 2 rings (SSSR count). The van der Waals surface area contributed by atoms with Crippen LogP contribution >= 0.6 is 35.0 Å². The fourth-order valence-corrected chi connectivity index (χ4v) is 2.82. The van der Waals surface area contributed by atoms with E-state index in [0.717, 1.165) is 12.1 Å². The summed E-state index contributed by atoms with van der Waals surface area (Å²) in [6, 6.07) is 14.5. The molecule has 1 atom stereocenters. The lowest BCUT2D eigenvalue weighted by Gasteiger charge is -2.15. The molecule has 0 amide bonds. The molecule has 0 saturated heterocycles. The van der Waals surface area contributed by atoms with Gasteiger partial charge in [-0.3, -0.25) is 0 Å². The number of rotatable bonds is 5. The number of nitrogens with one attached hydrogen (secondary N) is 1. The van der Waals surface area contributed by atoms with Crippen molar-refractivity contribution in [2.45, 2.75) is 24.4 Å². The lowest BCUT2D eigenvalue weighted by atomic mass is 10.1. The van der Waals surface area contributed by atoms with Crippen molar-refractivity contribution >= 4 is 35.0 Å². The smallest absolute Gasteiger partial charge is 0.0465 e. The maximum atomic E-state index is 6.17. The maximum Gasteiger partial charge on any atom is 0.0465 e. The molecule has 0 aromatic heterocycles. The van der Waals surface area contributed by atoms with Gasteiger partial charge in [0.05, 0.1) is 0 Å². The van der Waals surface area contributed by atoms with Crippen LogP contribution in [-0.4, -0.2) is 6.26 Å². The highest BCUT2D eigenvalue weighted by Gasteiger charge is 2.07. The van der Waals surface area contributed by atoms with Crippen molar-refractivity contribution < 1.29 is 0 Å². The Labute approximate surface area is 134 Å². The minimum absolute atomic E-state index is 0.276. The average molecular weight is 326 g/mol. The maximum absolute atomic E-state index is 6.17. The van der Waals surface area contributed by atoms with E-state index in [4.69, 9.17) is 23.2 Å². The summed E-state index contributed by atoms with van der Waals surface area (Å²) in [7, 11) is 0. The van der Waals surface area contributed by atoms with E-state index in [1.165, 1.54) is 10.5 Å². The predicted octanol–water partition coefficient (Wildman–Crippen LogP) is 5.57.